The molecule has 0 saturated carbocycles. The molecule has 112 valence electrons. The number of aryl methyl sites for hydroxylation is 1. The number of nitrogens with zero attached hydrogens (tertiary/aromatic N) is 3. The zero-order valence-electron chi connectivity index (χ0n) is 12.6. The van der Waals surface area contributed by atoms with E-state index in [1.165, 1.54) is 16.2 Å². The molecule has 21 heavy (non-hydrogen) atoms. The predicted octanol–water partition coefficient (Wildman–Crippen LogP) is 2.36. The van der Waals surface area contributed by atoms with Crippen molar-refractivity contribution in [3.63, 3.8) is 0 Å². The van der Waals surface area contributed by atoms with Crippen LogP contribution in [0, 0.1) is 6.92 Å². The first-order valence-electron chi connectivity index (χ1n) is 6.64. The van der Waals surface area contributed by atoms with Crippen molar-refractivity contribution in [2.45, 2.75) is 26.4 Å². The van der Waals surface area contributed by atoms with Crippen molar-refractivity contribution in [1.29, 1.82) is 0 Å². The van der Waals surface area contributed by atoms with Gasteiger partial charge in [0.1, 0.15) is 9.88 Å². The molecule has 0 bridgehead atoms. The molecule has 0 saturated heterocycles. The number of carbonyl (C=O) groups excluding carboxylic acids is 1. The maximum absolute atomic E-state index is 12.5. The van der Waals surface area contributed by atoms with Crippen molar-refractivity contribution in [2.24, 2.45) is 0 Å². The molecule has 0 spiro atoms. The number of hydrogen-bond donors (Lipinski definition) is 1. The van der Waals surface area contributed by atoms with E-state index < -0.39 is 5.60 Å². The Morgan fingerprint density at radius 2 is 2.14 bits per heavy atom. The van der Waals surface area contributed by atoms with Crippen molar-refractivity contribution >= 4 is 17.2 Å². The van der Waals surface area contributed by atoms with Gasteiger partial charge < -0.3 is 10.0 Å². The van der Waals surface area contributed by atoms with E-state index in [4.69, 9.17) is 0 Å². The van der Waals surface area contributed by atoms with Crippen LogP contribution in [0.1, 0.15) is 29.2 Å². The lowest BCUT2D eigenvalue weighted by atomic mass is 10.1. The van der Waals surface area contributed by atoms with Gasteiger partial charge in [-0.3, -0.25) is 9.78 Å². The van der Waals surface area contributed by atoms with E-state index in [1.54, 1.807) is 27.1 Å². The van der Waals surface area contributed by atoms with Gasteiger partial charge in [0.25, 0.3) is 5.91 Å². The zero-order chi connectivity index (χ0) is 15.6. The minimum atomic E-state index is -0.924. The molecular formula is C15H19N3O2S. The molecule has 5 nitrogen and oxygen atoms in total. The Bertz CT molecular complexity index is 632. The van der Waals surface area contributed by atoms with Crippen LogP contribution in [-0.4, -0.2) is 45.1 Å². The molecule has 2 rings (SSSR count). The lowest BCUT2D eigenvalue weighted by Gasteiger charge is -2.25. The highest BCUT2D eigenvalue weighted by Gasteiger charge is 2.24. The third-order valence-corrected chi connectivity index (χ3v) is 4.01. The number of hydrogen-bond acceptors (Lipinski definition) is 5. The Balaban J connectivity index is 2.25. The van der Waals surface area contributed by atoms with Gasteiger partial charge in [-0.1, -0.05) is 6.07 Å². The fourth-order valence-corrected chi connectivity index (χ4v) is 3.06. The normalized spacial score (nSPS) is 11.5. The van der Waals surface area contributed by atoms with E-state index >= 15 is 0 Å². The van der Waals surface area contributed by atoms with Gasteiger partial charge in [0.15, 0.2) is 0 Å². The number of likely N-dealkylation sites (N-methyl/N-ethyl adjacent to an activating group) is 1. The van der Waals surface area contributed by atoms with Crippen molar-refractivity contribution in [3.05, 3.63) is 35.0 Å². The Kier molecular flexibility index (Phi) is 4.39. The van der Waals surface area contributed by atoms with Gasteiger partial charge in [0.05, 0.1) is 17.0 Å². The monoisotopic (exact) mass is 305 g/mol. The number of amides is 1. The first kappa shape index (κ1) is 15.6. The summed E-state index contributed by atoms with van der Waals surface area (Å²) in [6.07, 6.45) is 1.70. The average Bonchev–Trinajstić information content (AvgIpc) is 2.79. The number of aliphatic hydroxyl groups is 1. The van der Waals surface area contributed by atoms with Crippen LogP contribution in [0.3, 0.4) is 0 Å². The second kappa shape index (κ2) is 5.91. The summed E-state index contributed by atoms with van der Waals surface area (Å²) >= 11 is 1.33. The third-order valence-electron chi connectivity index (χ3n) is 2.85. The maximum atomic E-state index is 12.5. The Labute approximate surface area is 128 Å². The average molecular weight is 305 g/mol. The summed E-state index contributed by atoms with van der Waals surface area (Å²) in [5.74, 6) is -0.130. The van der Waals surface area contributed by atoms with Gasteiger partial charge in [-0.25, -0.2) is 4.98 Å². The number of carbonyl (C=O) groups is 1. The molecule has 6 heteroatoms. The van der Waals surface area contributed by atoms with Gasteiger partial charge >= 0.3 is 0 Å². The highest BCUT2D eigenvalue weighted by molar-refractivity contribution is 7.17. The Morgan fingerprint density at radius 3 is 2.71 bits per heavy atom. The van der Waals surface area contributed by atoms with E-state index in [0.717, 1.165) is 10.7 Å². The third kappa shape index (κ3) is 3.86. The van der Waals surface area contributed by atoms with Gasteiger partial charge in [0.2, 0.25) is 0 Å². The maximum Gasteiger partial charge on any atom is 0.265 e. The fraction of sp³-hybridized carbons (Fsp3) is 0.400. The van der Waals surface area contributed by atoms with E-state index in [9.17, 15) is 9.90 Å². The minimum absolute atomic E-state index is 0.130. The van der Waals surface area contributed by atoms with Crippen molar-refractivity contribution in [3.8, 4) is 10.7 Å². The second-order valence-corrected chi connectivity index (χ2v) is 6.62. The first-order chi connectivity index (χ1) is 9.78. The summed E-state index contributed by atoms with van der Waals surface area (Å²) in [6.45, 7) is 5.43. The molecule has 1 N–H and O–H groups in total. The molecule has 0 aromatic carbocycles. The SMILES string of the molecule is Cc1nc(-c2ccccn2)sc1C(=O)N(C)CC(C)(C)O. The zero-order valence-corrected chi connectivity index (χ0v) is 13.4. The van der Waals surface area contributed by atoms with Crippen LogP contribution < -0.4 is 0 Å². The van der Waals surface area contributed by atoms with Crippen LogP contribution in [0.25, 0.3) is 10.7 Å². The van der Waals surface area contributed by atoms with Crippen LogP contribution in [0.5, 0.6) is 0 Å². The molecule has 0 aliphatic rings. The fourth-order valence-electron chi connectivity index (χ4n) is 2.02. The summed E-state index contributed by atoms with van der Waals surface area (Å²) in [7, 11) is 1.68. The van der Waals surface area contributed by atoms with Gasteiger partial charge in [-0.15, -0.1) is 11.3 Å². The molecule has 0 radical (unpaired) electrons. The van der Waals surface area contributed by atoms with Crippen LogP contribution in [0.4, 0.5) is 0 Å². The van der Waals surface area contributed by atoms with E-state index in [2.05, 4.69) is 9.97 Å². The van der Waals surface area contributed by atoms with Crippen LogP contribution >= 0.6 is 11.3 Å². The van der Waals surface area contributed by atoms with E-state index in [0.29, 0.717) is 10.6 Å². The summed E-state index contributed by atoms with van der Waals surface area (Å²) in [5, 5.41) is 10.5. The molecule has 2 aromatic rings. The predicted molar refractivity (Wildman–Crippen MR) is 83.3 cm³/mol. The molecule has 2 heterocycles. The summed E-state index contributed by atoms with van der Waals surface area (Å²) in [6, 6.07) is 5.60. The molecule has 0 aliphatic heterocycles. The highest BCUT2D eigenvalue weighted by atomic mass is 32.1. The smallest absolute Gasteiger partial charge is 0.265 e. The second-order valence-electron chi connectivity index (χ2n) is 5.62. The molecular weight excluding hydrogens is 286 g/mol. The molecule has 1 amide bonds. The first-order valence-corrected chi connectivity index (χ1v) is 7.46. The van der Waals surface area contributed by atoms with Gasteiger partial charge in [-0.05, 0) is 32.9 Å². The molecule has 0 aliphatic carbocycles. The van der Waals surface area contributed by atoms with E-state index in [-0.39, 0.29) is 12.5 Å². The lowest BCUT2D eigenvalue weighted by molar-refractivity contribution is 0.0370. The van der Waals surface area contributed by atoms with Crippen LogP contribution in [0.2, 0.25) is 0 Å². The number of rotatable bonds is 4. The van der Waals surface area contributed by atoms with Crippen LogP contribution in [-0.2, 0) is 0 Å². The number of aromatic nitrogens is 2. The molecule has 0 atom stereocenters. The lowest BCUT2D eigenvalue weighted by Crippen LogP contribution is -2.39. The summed E-state index contributed by atoms with van der Waals surface area (Å²) in [5.41, 5.74) is 0.523. The van der Waals surface area contributed by atoms with Gasteiger partial charge in [0, 0.05) is 19.8 Å². The Morgan fingerprint density at radius 1 is 1.43 bits per heavy atom. The largest absolute Gasteiger partial charge is 0.389 e. The summed E-state index contributed by atoms with van der Waals surface area (Å²) in [4.78, 5) is 23.2. The van der Waals surface area contributed by atoms with Crippen molar-refractivity contribution in [1.82, 2.24) is 14.9 Å². The summed E-state index contributed by atoms with van der Waals surface area (Å²) < 4.78 is 0. The Hall–Kier alpha value is -1.79. The quantitative estimate of drug-likeness (QED) is 0.941. The topological polar surface area (TPSA) is 66.3 Å². The van der Waals surface area contributed by atoms with E-state index in [1.807, 2.05) is 25.1 Å². The van der Waals surface area contributed by atoms with Gasteiger partial charge in [-0.2, -0.15) is 0 Å². The highest BCUT2D eigenvalue weighted by Crippen LogP contribution is 2.27. The number of pyridine rings is 1. The molecule has 0 unspecified atom stereocenters. The van der Waals surface area contributed by atoms with Crippen LogP contribution in [0.15, 0.2) is 24.4 Å². The number of thiazole rings is 1. The minimum Gasteiger partial charge on any atom is -0.389 e. The molecule has 2 aromatic heterocycles. The van der Waals surface area contributed by atoms with Crippen molar-refractivity contribution < 1.29 is 9.90 Å². The van der Waals surface area contributed by atoms with Crippen molar-refractivity contribution in [2.75, 3.05) is 13.6 Å². The standard InChI is InChI=1S/C15H19N3O2S/c1-10-12(14(19)18(4)9-15(2,3)20)21-13(17-10)11-7-5-6-8-16-11/h5-8,20H,9H2,1-4H3. The molecule has 0 fully saturated rings.